The summed E-state index contributed by atoms with van der Waals surface area (Å²) in [5.41, 5.74) is 3.30. The number of aryl methyl sites for hydroxylation is 2. The van der Waals surface area contributed by atoms with Crippen LogP contribution in [0.2, 0.25) is 0 Å². The van der Waals surface area contributed by atoms with E-state index in [-0.39, 0.29) is 0 Å². The van der Waals surface area contributed by atoms with Gasteiger partial charge < -0.3 is 9.58 Å². The molecule has 0 saturated carbocycles. The molecule has 1 aromatic rings. The highest BCUT2D eigenvalue weighted by Crippen LogP contribution is 2.24. The number of nitrogens with zero attached hydrogens (tertiary/aromatic N) is 1. The Morgan fingerprint density at radius 1 is 1.38 bits per heavy atom. The smallest absolute Gasteiger partial charge is 0.243 e. The Hall–Kier alpha value is -1.49. The normalized spacial score (nSPS) is 9.38. The van der Waals surface area contributed by atoms with Crippen LogP contribution in [0.4, 0.5) is 0 Å². The molecule has 0 atom stereocenters. The first-order valence-corrected chi connectivity index (χ1v) is 4.16. The Morgan fingerprint density at radius 3 is 2.62 bits per heavy atom. The molecule has 0 unspecified atom stereocenters. The monoisotopic (exact) mass is 175 g/mol. The lowest BCUT2D eigenvalue weighted by atomic mass is 10.0. The number of benzene rings is 1. The molecule has 0 aliphatic heterocycles. The molecule has 1 aromatic carbocycles. The van der Waals surface area contributed by atoms with E-state index in [1.54, 1.807) is 7.11 Å². The van der Waals surface area contributed by atoms with Crippen LogP contribution in [0.15, 0.2) is 12.1 Å². The van der Waals surface area contributed by atoms with E-state index in [9.17, 15) is 0 Å². The Morgan fingerprint density at radius 2 is 2.08 bits per heavy atom. The van der Waals surface area contributed by atoms with Crippen molar-refractivity contribution < 1.29 is 4.74 Å². The first-order chi connectivity index (χ1) is 6.19. The van der Waals surface area contributed by atoms with E-state index < -0.39 is 0 Å². The van der Waals surface area contributed by atoms with Crippen molar-refractivity contribution in [3.63, 3.8) is 0 Å². The third-order valence-corrected chi connectivity index (χ3v) is 2.03. The predicted molar refractivity (Wildman–Crippen MR) is 52.8 cm³/mol. The first kappa shape index (κ1) is 9.60. The van der Waals surface area contributed by atoms with Crippen LogP contribution in [0.3, 0.4) is 0 Å². The molecule has 0 radical (unpaired) electrons. The summed E-state index contributed by atoms with van der Waals surface area (Å²) in [4.78, 5) is 3.38. The average Bonchev–Trinajstić information content (AvgIpc) is 2.09. The van der Waals surface area contributed by atoms with Crippen LogP contribution in [0.1, 0.15) is 16.7 Å². The summed E-state index contributed by atoms with van der Waals surface area (Å²) < 4.78 is 5.22. The van der Waals surface area contributed by atoms with E-state index in [1.807, 2.05) is 19.9 Å². The Bertz CT molecular complexity index is 350. The summed E-state index contributed by atoms with van der Waals surface area (Å²) in [5, 5.41) is 0. The zero-order valence-corrected chi connectivity index (χ0v) is 8.22. The number of hydrogen-bond donors (Lipinski definition) is 0. The number of methoxy groups -OCH3 is 1. The second kappa shape index (κ2) is 3.95. The van der Waals surface area contributed by atoms with Crippen LogP contribution in [0.25, 0.3) is 4.85 Å². The lowest BCUT2D eigenvalue weighted by Gasteiger charge is -2.08. The number of hydrogen-bond acceptors (Lipinski definition) is 1. The number of ether oxygens (including phenoxy) is 1. The van der Waals surface area contributed by atoms with Gasteiger partial charge in [0.2, 0.25) is 6.54 Å². The van der Waals surface area contributed by atoms with Crippen LogP contribution in [0, 0.1) is 20.4 Å². The summed E-state index contributed by atoms with van der Waals surface area (Å²) in [6.07, 6.45) is 0. The van der Waals surface area contributed by atoms with Crippen LogP contribution in [-0.2, 0) is 6.54 Å². The quantitative estimate of drug-likeness (QED) is 0.630. The SMILES string of the molecule is [C-]#[N+]Cc1c(C)cc(C)cc1OC. The minimum absolute atomic E-state index is 0.398. The van der Waals surface area contributed by atoms with Gasteiger partial charge in [-0.2, -0.15) is 0 Å². The summed E-state index contributed by atoms with van der Waals surface area (Å²) >= 11 is 0. The van der Waals surface area contributed by atoms with Gasteiger partial charge in [0.15, 0.2) is 0 Å². The molecule has 2 nitrogen and oxygen atoms in total. The molecule has 2 heteroatoms. The predicted octanol–water partition coefficient (Wildman–Crippen LogP) is 2.73. The highest BCUT2D eigenvalue weighted by atomic mass is 16.5. The van der Waals surface area contributed by atoms with Gasteiger partial charge in [0.05, 0.1) is 12.7 Å². The molecule has 0 spiro atoms. The van der Waals surface area contributed by atoms with Gasteiger partial charge in [-0.25, -0.2) is 6.57 Å². The van der Waals surface area contributed by atoms with Crippen LogP contribution in [0.5, 0.6) is 5.75 Å². The second-order valence-corrected chi connectivity index (χ2v) is 3.08. The first-order valence-electron chi connectivity index (χ1n) is 4.16. The molecule has 0 aliphatic carbocycles. The summed E-state index contributed by atoms with van der Waals surface area (Å²) in [5.74, 6) is 0.827. The summed E-state index contributed by atoms with van der Waals surface area (Å²) in [6, 6.07) is 4.04. The van der Waals surface area contributed by atoms with Gasteiger partial charge >= 0.3 is 0 Å². The van der Waals surface area contributed by atoms with Crippen molar-refractivity contribution in [3.8, 4) is 5.75 Å². The average molecular weight is 175 g/mol. The van der Waals surface area contributed by atoms with E-state index in [2.05, 4.69) is 10.9 Å². The highest BCUT2D eigenvalue weighted by molar-refractivity contribution is 5.43. The summed E-state index contributed by atoms with van der Waals surface area (Å²) in [6.45, 7) is 11.3. The molecule has 68 valence electrons. The molecular formula is C11H13NO. The van der Waals surface area contributed by atoms with Crippen LogP contribution >= 0.6 is 0 Å². The van der Waals surface area contributed by atoms with Crippen molar-refractivity contribution in [2.75, 3.05) is 7.11 Å². The molecule has 1 rings (SSSR count). The second-order valence-electron chi connectivity index (χ2n) is 3.08. The highest BCUT2D eigenvalue weighted by Gasteiger charge is 2.09. The van der Waals surface area contributed by atoms with E-state index in [1.165, 1.54) is 5.56 Å². The molecule has 0 heterocycles. The van der Waals surface area contributed by atoms with E-state index in [0.29, 0.717) is 6.54 Å². The Balaban J connectivity index is 3.23. The van der Waals surface area contributed by atoms with Gasteiger partial charge in [0, 0.05) is 0 Å². The largest absolute Gasteiger partial charge is 0.496 e. The van der Waals surface area contributed by atoms with Gasteiger partial charge in [-0.3, -0.25) is 0 Å². The minimum Gasteiger partial charge on any atom is -0.496 e. The van der Waals surface area contributed by atoms with Crippen molar-refractivity contribution in [1.29, 1.82) is 0 Å². The minimum atomic E-state index is 0.398. The Kier molecular flexibility index (Phi) is 2.92. The van der Waals surface area contributed by atoms with Gasteiger partial charge in [0.1, 0.15) is 5.75 Å². The van der Waals surface area contributed by atoms with Crippen LogP contribution in [-0.4, -0.2) is 7.11 Å². The lowest BCUT2D eigenvalue weighted by Crippen LogP contribution is -1.94. The third kappa shape index (κ3) is 2.00. The fraction of sp³-hybridized carbons (Fsp3) is 0.364. The van der Waals surface area contributed by atoms with Crippen molar-refractivity contribution in [2.24, 2.45) is 0 Å². The maximum absolute atomic E-state index is 6.83. The zero-order valence-electron chi connectivity index (χ0n) is 8.22. The fourth-order valence-corrected chi connectivity index (χ4v) is 1.42. The van der Waals surface area contributed by atoms with E-state index in [4.69, 9.17) is 11.3 Å². The van der Waals surface area contributed by atoms with Crippen molar-refractivity contribution in [2.45, 2.75) is 20.4 Å². The molecule has 0 amide bonds. The lowest BCUT2D eigenvalue weighted by molar-refractivity contribution is 0.410. The number of rotatable bonds is 2. The Labute approximate surface area is 79.0 Å². The van der Waals surface area contributed by atoms with Gasteiger partial charge in [-0.15, -0.1) is 0 Å². The van der Waals surface area contributed by atoms with Crippen molar-refractivity contribution in [3.05, 3.63) is 40.2 Å². The van der Waals surface area contributed by atoms with Gasteiger partial charge in [-0.1, -0.05) is 6.07 Å². The molecular weight excluding hydrogens is 162 g/mol. The van der Waals surface area contributed by atoms with Crippen molar-refractivity contribution in [1.82, 2.24) is 0 Å². The third-order valence-electron chi connectivity index (χ3n) is 2.03. The molecule has 0 fully saturated rings. The molecule has 0 bridgehead atoms. The molecule has 13 heavy (non-hydrogen) atoms. The summed E-state index contributed by atoms with van der Waals surface area (Å²) in [7, 11) is 1.64. The molecule has 0 aliphatic rings. The standard InChI is InChI=1S/C11H13NO/c1-8-5-9(2)10(7-12-3)11(6-8)13-4/h5-6H,7H2,1-2,4H3. The van der Waals surface area contributed by atoms with E-state index in [0.717, 1.165) is 16.9 Å². The maximum atomic E-state index is 6.83. The molecule has 0 aromatic heterocycles. The molecule has 0 saturated heterocycles. The van der Waals surface area contributed by atoms with Crippen molar-refractivity contribution >= 4 is 0 Å². The van der Waals surface area contributed by atoms with E-state index >= 15 is 0 Å². The van der Waals surface area contributed by atoms with Gasteiger partial charge in [0.25, 0.3) is 0 Å². The van der Waals surface area contributed by atoms with Gasteiger partial charge in [-0.05, 0) is 31.0 Å². The maximum Gasteiger partial charge on any atom is 0.243 e. The zero-order chi connectivity index (χ0) is 9.84. The molecule has 0 N–H and O–H groups in total. The topological polar surface area (TPSA) is 13.6 Å². The van der Waals surface area contributed by atoms with Crippen LogP contribution < -0.4 is 4.74 Å². The fourth-order valence-electron chi connectivity index (χ4n) is 1.42.